The molecule has 0 bridgehead atoms. The summed E-state index contributed by atoms with van der Waals surface area (Å²) in [6.45, 7) is 14.1. The molecule has 6 heteroatoms. The van der Waals surface area contributed by atoms with Gasteiger partial charge in [-0.05, 0) is 50.9 Å². The van der Waals surface area contributed by atoms with E-state index in [0.29, 0.717) is 12.6 Å². The highest BCUT2D eigenvalue weighted by atomic mass is 16.5. The Bertz CT molecular complexity index is 619. The first-order chi connectivity index (χ1) is 14.7. The second-order valence-corrected chi connectivity index (χ2v) is 8.58. The fourth-order valence-electron chi connectivity index (χ4n) is 4.21. The summed E-state index contributed by atoms with van der Waals surface area (Å²) in [7, 11) is 0. The van der Waals surface area contributed by atoms with Crippen molar-refractivity contribution in [3.05, 3.63) is 35.4 Å². The minimum Gasteiger partial charge on any atom is -0.379 e. The van der Waals surface area contributed by atoms with Crippen LogP contribution in [0.2, 0.25) is 0 Å². The average Bonchev–Trinajstić information content (AvgIpc) is 3.06. The highest BCUT2D eigenvalue weighted by molar-refractivity contribution is 5.79. The molecule has 1 aromatic rings. The summed E-state index contributed by atoms with van der Waals surface area (Å²) < 4.78 is 5.46. The number of likely N-dealkylation sites (tertiary alicyclic amines) is 1. The first kappa shape index (κ1) is 23.0. The van der Waals surface area contributed by atoms with Crippen LogP contribution in [0.15, 0.2) is 29.3 Å². The third-order valence-electron chi connectivity index (χ3n) is 6.13. The fraction of sp³-hybridized carbons (Fsp3) is 0.708. The number of nitrogens with zero attached hydrogens (tertiary/aromatic N) is 3. The predicted octanol–water partition coefficient (Wildman–Crippen LogP) is 2.84. The van der Waals surface area contributed by atoms with Crippen molar-refractivity contribution in [2.45, 2.75) is 58.7 Å². The summed E-state index contributed by atoms with van der Waals surface area (Å²) >= 11 is 0. The molecule has 0 radical (unpaired) electrons. The van der Waals surface area contributed by atoms with Gasteiger partial charge in [-0.2, -0.15) is 0 Å². The van der Waals surface area contributed by atoms with Crippen LogP contribution in [0.1, 0.15) is 50.7 Å². The van der Waals surface area contributed by atoms with Crippen molar-refractivity contribution in [2.24, 2.45) is 4.99 Å². The minimum absolute atomic E-state index is 0.469. The largest absolute Gasteiger partial charge is 0.379 e. The number of nitrogens with one attached hydrogen (secondary N) is 2. The Balaban J connectivity index is 1.47. The first-order valence-electron chi connectivity index (χ1n) is 11.9. The first-order valence-corrected chi connectivity index (χ1v) is 11.9. The topological polar surface area (TPSA) is 52.1 Å². The number of rotatable bonds is 8. The lowest BCUT2D eigenvalue weighted by atomic mass is 10.1. The van der Waals surface area contributed by atoms with Gasteiger partial charge in [-0.1, -0.05) is 37.1 Å². The summed E-state index contributed by atoms with van der Waals surface area (Å²) in [5.74, 6) is 0.895. The molecule has 2 aliphatic rings. The van der Waals surface area contributed by atoms with Crippen LogP contribution in [0, 0.1) is 0 Å². The quantitative estimate of drug-likeness (QED) is 0.505. The smallest absolute Gasteiger partial charge is 0.191 e. The molecule has 6 nitrogen and oxygen atoms in total. The molecule has 2 heterocycles. The lowest BCUT2D eigenvalue weighted by Crippen LogP contribution is -2.49. The van der Waals surface area contributed by atoms with Crippen molar-refractivity contribution < 1.29 is 4.74 Å². The van der Waals surface area contributed by atoms with Gasteiger partial charge in [0.2, 0.25) is 0 Å². The maximum atomic E-state index is 5.46. The summed E-state index contributed by atoms with van der Waals surface area (Å²) in [6, 6.07) is 9.48. The zero-order chi connectivity index (χ0) is 21.0. The van der Waals surface area contributed by atoms with Crippen LogP contribution < -0.4 is 10.6 Å². The Morgan fingerprint density at radius 1 is 0.967 bits per heavy atom. The summed E-state index contributed by atoms with van der Waals surface area (Å²) in [4.78, 5) is 9.87. The van der Waals surface area contributed by atoms with Gasteiger partial charge < -0.3 is 15.4 Å². The van der Waals surface area contributed by atoms with Crippen molar-refractivity contribution >= 4 is 5.96 Å². The Morgan fingerprint density at radius 2 is 1.63 bits per heavy atom. The second-order valence-electron chi connectivity index (χ2n) is 8.58. The number of benzene rings is 1. The van der Waals surface area contributed by atoms with E-state index in [4.69, 9.17) is 9.73 Å². The van der Waals surface area contributed by atoms with Crippen LogP contribution in [-0.4, -0.2) is 74.3 Å². The maximum absolute atomic E-state index is 5.46. The van der Waals surface area contributed by atoms with E-state index in [1.165, 1.54) is 49.9 Å². The summed E-state index contributed by atoms with van der Waals surface area (Å²) in [5, 5.41) is 6.88. The number of aliphatic imine (C=N–C) groups is 1. The maximum Gasteiger partial charge on any atom is 0.191 e. The third kappa shape index (κ3) is 7.89. The molecule has 2 saturated heterocycles. The third-order valence-corrected chi connectivity index (χ3v) is 6.13. The van der Waals surface area contributed by atoms with Gasteiger partial charge in [0, 0.05) is 38.8 Å². The van der Waals surface area contributed by atoms with Gasteiger partial charge in [0.05, 0.1) is 19.8 Å². The van der Waals surface area contributed by atoms with Gasteiger partial charge in [0.25, 0.3) is 0 Å². The van der Waals surface area contributed by atoms with Gasteiger partial charge in [-0.15, -0.1) is 0 Å². The average molecular weight is 416 g/mol. The molecule has 168 valence electrons. The molecular formula is C24H41N5O. The van der Waals surface area contributed by atoms with Gasteiger partial charge in [-0.25, -0.2) is 4.99 Å². The molecule has 2 fully saturated rings. The standard InChI is InChI=1S/C24H41N5O/c1-3-25-24(26-18-21(2)29-14-16-30-17-15-29)27-19-22-8-10-23(11-9-22)20-28-12-6-4-5-7-13-28/h8-11,21H,3-7,12-20H2,1-2H3,(H2,25,26,27). The number of morpholine rings is 1. The molecule has 0 saturated carbocycles. The van der Waals surface area contributed by atoms with E-state index < -0.39 is 0 Å². The normalized spacial score (nSPS) is 20.5. The molecule has 3 rings (SSSR count). The molecule has 30 heavy (non-hydrogen) atoms. The predicted molar refractivity (Wildman–Crippen MR) is 125 cm³/mol. The Hall–Kier alpha value is -1.63. The van der Waals surface area contributed by atoms with Gasteiger partial charge in [0.1, 0.15) is 0 Å². The highest BCUT2D eigenvalue weighted by Gasteiger charge is 2.17. The van der Waals surface area contributed by atoms with E-state index >= 15 is 0 Å². The Morgan fingerprint density at radius 3 is 2.30 bits per heavy atom. The van der Waals surface area contributed by atoms with Crippen LogP contribution in [0.3, 0.4) is 0 Å². The molecule has 1 atom stereocenters. The van der Waals surface area contributed by atoms with Crippen molar-refractivity contribution in [1.29, 1.82) is 0 Å². The van der Waals surface area contributed by atoms with Crippen LogP contribution in [0.25, 0.3) is 0 Å². The van der Waals surface area contributed by atoms with Crippen molar-refractivity contribution in [1.82, 2.24) is 20.4 Å². The zero-order valence-corrected chi connectivity index (χ0v) is 19.0. The van der Waals surface area contributed by atoms with Gasteiger partial charge in [-0.3, -0.25) is 9.80 Å². The second kappa shape index (κ2) is 12.9. The van der Waals surface area contributed by atoms with Gasteiger partial charge >= 0.3 is 0 Å². The van der Waals surface area contributed by atoms with E-state index in [-0.39, 0.29) is 0 Å². The highest BCUT2D eigenvalue weighted by Crippen LogP contribution is 2.14. The van der Waals surface area contributed by atoms with Crippen LogP contribution >= 0.6 is 0 Å². The van der Waals surface area contributed by atoms with Crippen molar-refractivity contribution in [3.8, 4) is 0 Å². The molecule has 0 aromatic heterocycles. The van der Waals surface area contributed by atoms with Crippen molar-refractivity contribution in [2.75, 3.05) is 52.5 Å². The molecule has 2 N–H and O–H groups in total. The van der Waals surface area contributed by atoms with Crippen molar-refractivity contribution in [3.63, 3.8) is 0 Å². The SMILES string of the molecule is CCNC(=NCc1ccc(CN2CCCCCC2)cc1)NCC(C)N1CCOCC1. The molecular weight excluding hydrogens is 374 g/mol. The molecule has 0 amide bonds. The number of guanidine groups is 1. The molecule has 0 aliphatic carbocycles. The zero-order valence-electron chi connectivity index (χ0n) is 19.0. The monoisotopic (exact) mass is 415 g/mol. The summed E-state index contributed by atoms with van der Waals surface area (Å²) in [5.41, 5.74) is 2.67. The molecule has 0 spiro atoms. The number of hydrogen-bond acceptors (Lipinski definition) is 4. The van der Waals surface area contributed by atoms with E-state index in [1.807, 2.05) is 0 Å². The van der Waals surface area contributed by atoms with Crippen LogP contribution in [0.5, 0.6) is 0 Å². The molecule has 1 aromatic carbocycles. The minimum atomic E-state index is 0.469. The lowest BCUT2D eigenvalue weighted by Gasteiger charge is -2.32. The van der Waals surface area contributed by atoms with Crippen LogP contribution in [0.4, 0.5) is 0 Å². The Labute approximate surface area is 183 Å². The molecule has 1 unspecified atom stereocenters. The Kier molecular flexibility index (Phi) is 9.93. The van der Waals surface area contributed by atoms with Gasteiger partial charge in [0.15, 0.2) is 5.96 Å². The summed E-state index contributed by atoms with van der Waals surface area (Å²) in [6.07, 6.45) is 5.47. The van der Waals surface area contributed by atoms with E-state index in [9.17, 15) is 0 Å². The number of hydrogen-bond donors (Lipinski definition) is 2. The van der Waals surface area contributed by atoms with E-state index in [1.54, 1.807) is 0 Å². The van der Waals surface area contributed by atoms with Crippen LogP contribution in [-0.2, 0) is 17.8 Å². The number of ether oxygens (including phenoxy) is 1. The van der Waals surface area contributed by atoms with E-state index in [0.717, 1.165) is 51.9 Å². The van der Waals surface area contributed by atoms with E-state index in [2.05, 4.69) is 58.5 Å². The lowest BCUT2D eigenvalue weighted by molar-refractivity contribution is 0.0211. The fourth-order valence-corrected chi connectivity index (χ4v) is 4.21. The molecule has 2 aliphatic heterocycles.